The fraction of sp³-hybridized carbons (Fsp3) is 0.500. The van der Waals surface area contributed by atoms with Crippen molar-refractivity contribution in [2.24, 2.45) is 11.8 Å². The fourth-order valence-electron chi connectivity index (χ4n) is 4.31. The van der Waals surface area contributed by atoms with Gasteiger partial charge in [-0.1, -0.05) is 37.0 Å². The van der Waals surface area contributed by atoms with E-state index >= 15 is 0 Å². The summed E-state index contributed by atoms with van der Waals surface area (Å²) in [6.45, 7) is 10.4. The zero-order valence-electron chi connectivity index (χ0n) is 14.3. The number of fused-ring (bicyclic) bond motifs is 3. The van der Waals surface area contributed by atoms with E-state index in [0.29, 0.717) is 31.6 Å². The lowest BCUT2D eigenvalue weighted by atomic mass is 9.71. The van der Waals surface area contributed by atoms with E-state index in [1.165, 1.54) is 16.8 Å². The van der Waals surface area contributed by atoms with Gasteiger partial charge in [-0.2, -0.15) is 0 Å². The Hall–Kier alpha value is -1.62. The highest BCUT2D eigenvalue weighted by Crippen LogP contribution is 2.47. The first kappa shape index (κ1) is 15.9. The predicted molar refractivity (Wildman–Crippen MR) is 95.3 cm³/mol. The Kier molecular flexibility index (Phi) is 4.21. The number of allylic oxidation sites excluding steroid dienone is 6. The van der Waals surface area contributed by atoms with Crippen LogP contribution >= 0.6 is 0 Å². The van der Waals surface area contributed by atoms with Crippen LogP contribution in [0.2, 0.25) is 0 Å². The first-order valence-corrected chi connectivity index (χ1v) is 8.91. The molecule has 2 unspecified atom stereocenters. The molecule has 0 aromatic heterocycles. The second kappa shape index (κ2) is 6.36. The lowest BCUT2D eigenvalue weighted by Gasteiger charge is -2.38. The average molecular weight is 326 g/mol. The number of ether oxygens (including phenoxy) is 2. The Morgan fingerprint density at radius 2 is 2.17 bits per heavy atom. The van der Waals surface area contributed by atoms with Gasteiger partial charge in [0.15, 0.2) is 0 Å². The summed E-state index contributed by atoms with van der Waals surface area (Å²) in [4.78, 5) is 0. The van der Waals surface area contributed by atoms with E-state index in [2.05, 4.69) is 35.4 Å². The first-order chi connectivity index (χ1) is 11.7. The van der Waals surface area contributed by atoms with Crippen LogP contribution in [-0.2, 0) is 9.47 Å². The van der Waals surface area contributed by atoms with E-state index in [4.69, 9.17) is 9.47 Å². The minimum absolute atomic E-state index is 0.312. The molecule has 1 spiro atoms. The minimum Gasteiger partial charge on any atom is -0.379 e. The van der Waals surface area contributed by atoms with Crippen molar-refractivity contribution in [3.63, 3.8) is 0 Å². The average Bonchev–Trinajstić information content (AvgIpc) is 3.23. The number of piperidine rings is 1. The SMILES string of the molecule is C=C(/C=C\C=C/C)C1C=C2C(=C3CNCCC31)NCC21OCCO1. The van der Waals surface area contributed by atoms with Gasteiger partial charge in [-0.3, -0.25) is 0 Å². The van der Waals surface area contributed by atoms with Crippen molar-refractivity contribution in [3.8, 4) is 0 Å². The zero-order chi connectivity index (χ0) is 16.6. The molecular formula is C20H26N2O2. The number of rotatable bonds is 3. The molecule has 4 heteroatoms. The Morgan fingerprint density at radius 1 is 1.33 bits per heavy atom. The molecule has 4 aliphatic rings. The van der Waals surface area contributed by atoms with Gasteiger partial charge in [-0.05, 0) is 37.0 Å². The van der Waals surface area contributed by atoms with Crippen molar-refractivity contribution < 1.29 is 9.47 Å². The van der Waals surface area contributed by atoms with Crippen molar-refractivity contribution in [2.45, 2.75) is 19.1 Å². The Balaban J connectivity index is 1.72. The van der Waals surface area contributed by atoms with E-state index < -0.39 is 5.79 Å². The lowest BCUT2D eigenvalue weighted by Crippen LogP contribution is -2.39. The smallest absolute Gasteiger partial charge is 0.214 e. The quantitative estimate of drug-likeness (QED) is 0.782. The molecule has 2 atom stereocenters. The maximum atomic E-state index is 6.01. The van der Waals surface area contributed by atoms with Gasteiger partial charge in [0, 0.05) is 23.7 Å². The Morgan fingerprint density at radius 3 is 2.96 bits per heavy atom. The van der Waals surface area contributed by atoms with E-state index in [0.717, 1.165) is 25.1 Å². The third-order valence-corrected chi connectivity index (χ3v) is 5.47. The summed E-state index contributed by atoms with van der Waals surface area (Å²) in [6, 6.07) is 0. The molecule has 24 heavy (non-hydrogen) atoms. The fourth-order valence-corrected chi connectivity index (χ4v) is 4.31. The lowest BCUT2D eigenvalue weighted by molar-refractivity contribution is -0.109. The number of hydrogen-bond donors (Lipinski definition) is 2. The third kappa shape index (κ3) is 2.50. The molecule has 3 saturated heterocycles. The van der Waals surface area contributed by atoms with Crippen LogP contribution in [0.5, 0.6) is 0 Å². The van der Waals surface area contributed by atoms with Crippen molar-refractivity contribution in [3.05, 3.63) is 59.4 Å². The standard InChI is InChI=1S/C20H26N2O2/c1-3-4-5-6-14(2)16-11-18-19(17-12-21-8-7-15(16)17)22-13-20(18)23-9-10-24-20/h3-6,11,15-16,21-22H,2,7-10,12-13H2,1H3/b4-3-,6-5-. The number of nitrogens with one attached hydrogen (secondary N) is 2. The highest BCUT2D eigenvalue weighted by atomic mass is 16.7. The zero-order valence-corrected chi connectivity index (χ0v) is 14.3. The van der Waals surface area contributed by atoms with E-state index in [1.807, 2.05) is 19.1 Å². The van der Waals surface area contributed by atoms with Gasteiger partial charge in [0.1, 0.15) is 0 Å². The summed E-state index contributed by atoms with van der Waals surface area (Å²) >= 11 is 0. The van der Waals surface area contributed by atoms with Gasteiger partial charge in [0.2, 0.25) is 5.79 Å². The predicted octanol–water partition coefficient (Wildman–Crippen LogP) is 2.44. The van der Waals surface area contributed by atoms with Crippen molar-refractivity contribution in [1.82, 2.24) is 10.6 Å². The largest absolute Gasteiger partial charge is 0.379 e. The second-order valence-electron chi connectivity index (χ2n) is 6.84. The van der Waals surface area contributed by atoms with Crippen LogP contribution in [0.15, 0.2) is 59.4 Å². The van der Waals surface area contributed by atoms with Crippen molar-refractivity contribution >= 4 is 0 Å². The molecular weight excluding hydrogens is 300 g/mol. The molecule has 0 bridgehead atoms. The van der Waals surface area contributed by atoms with Gasteiger partial charge in [0.25, 0.3) is 0 Å². The molecule has 0 saturated carbocycles. The summed E-state index contributed by atoms with van der Waals surface area (Å²) in [5, 5.41) is 7.09. The summed E-state index contributed by atoms with van der Waals surface area (Å²) < 4.78 is 12.0. The maximum Gasteiger partial charge on any atom is 0.214 e. The molecule has 0 aromatic rings. The third-order valence-electron chi connectivity index (χ3n) is 5.47. The summed E-state index contributed by atoms with van der Waals surface area (Å²) in [6.07, 6.45) is 11.8. The molecule has 3 fully saturated rings. The molecule has 0 amide bonds. The van der Waals surface area contributed by atoms with E-state index in [-0.39, 0.29) is 0 Å². The Labute approximate surface area is 144 Å². The van der Waals surface area contributed by atoms with Crippen molar-refractivity contribution in [2.75, 3.05) is 32.8 Å². The molecule has 4 nitrogen and oxygen atoms in total. The molecule has 0 radical (unpaired) electrons. The number of hydrogen-bond acceptors (Lipinski definition) is 4. The normalized spacial score (nSPS) is 31.5. The monoisotopic (exact) mass is 326 g/mol. The molecule has 4 rings (SSSR count). The molecule has 2 N–H and O–H groups in total. The summed E-state index contributed by atoms with van der Waals surface area (Å²) in [5.74, 6) is 0.236. The molecule has 1 aliphatic carbocycles. The molecule has 0 aromatic carbocycles. The van der Waals surface area contributed by atoms with E-state index in [1.54, 1.807) is 0 Å². The highest BCUT2D eigenvalue weighted by Gasteiger charge is 2.50. The van der Waals surface area contributed by atoms with Gasteiger partial charge in [-0.25, -0.2) is 0 Å². The van der Waals surface area contributed by atoms with Crippen LogP contribution in [0.25, 0.3) is 0 Å². The summed E-state index contributed by atoms with van der Waals surface area (Å²) in [7, 11) is 0. The van der Waals surface area contributed by atoms with Crippen LogP contribution in [0.4, 0.5) is 0 Å². The first-order valence-electron chi connectivity index (χ1n) is 8.91. The van der Waals surface area contributed by atoms with Crippen LogP contribution in [0, 0.1) is 11.8 Å². The second-order valence-corrected chi connectivity index (χ2v) is 6.84. The molecule has 3 aliphatic heterocycles. The van der Waals surface area contributed by atoms with Crippen LogP contribution in [0.1, 0.15) is 13.3 Å². The van der Waals surface area contributed by atoms with Gasteiger partial charge in [0.05, 0.1) is 19.8 Å². The van der Waals surface area contributed by atoms with Gasteiger partial charge in [-0.15, -0.1) is 0 Å². The van der Waals surface area contributed by atoms with E-state index in [9.17, 15) is 0 Å². The Bertz CT molecular complexity index is 651. The van der Waals surface area contributed by atoms with Gasteiger partial charge >= 0.3 is 0 Å². The van der Waals surface area contributed by atoms with Gasteiger partial charge < -0.3 is 20.1 Å². The molecule has 128 valence electrons. The minimum atomic E-state index is -0.587. The summed E-state index contributed by atoms with van der Waals surface area (Å²) in [5.41, 5.74) is 5.04. The van der Waals surface area contributed by atoms with Crippen LogP contribution in [-0.4, -0.2) is 38.6 Å². The maximum absolute atomic E-state index is 6.01. The molecule has 3 heterocycles. The van der Waals surface area contributed by atoms with Crippen LogP contribution < -0.4 is 10.6 Å². The van der Waals surface area contributed by atoms with Crippen LogP contribution in [0.3, 0.4) is 0 Å². The topological polar surface area (TPSA) is 42.5 Å². The van der Waals surface area contributed by atoms with Crippen molar-refractivity contribution in [1.29, 1.82) is 0 Å². The highest BCUT2D eigenvalue weighted by molar-refractivity contribution is 5.51.